The lowest BCUT2D eigenvalue weighted by molar-refractivity contribution is 0.397. The number of anilines is 1. The zero-order valence-corrected chi connectivity index (χ0v) is 10.5. The highest BCUT2D eigenvalue weighted by atomic mass is 32.7. The SMILES string of the molecule is CNc1c(CSP(=O)(O)O)cnc(C)c1O. The van der Waals surface area contributed by atoms with Crippen LogP contribution >= 0.6 is 18.2 Å². The van der Waals surface area contributed by atoms with E-state index in [4.69, 9.17) is 9.79 Å². The molecule has 6 nitrogen and oxygen atoms in total. The van der Waals surface area contributed by atoms with Crippen LogP contribution in [0.2, 0.25) is 0 Å². The zero-order valence-electron chi connectivity index (χ0n) is 8.84. The van der Waals surface area contributed by atoms with Gasteiger partial charge in [-0.3, -0.25) is 4.98 Å². The number of hydrogen-bond donors (Lipinski definition) is 4. The maximum absolute atomic E-state index is 10.7. The first kappa shape index (κ1) is 13.3. The van der Waals surface area contributed by atoms with Crippen molar-refractivity contribution in [1.29, 1.82) is 0 Å². The lowest BCUT2D eigenvalue weighted by atomic mass is 10.2. The molecule has 8 heteroatoms. The van der Waals surface area contributed by atoms with Gasteiger partial charge in [0.05, 0.1) is 11.4 Å². The van der Waals surface area contributed by atoms with Crippen LogP contribution in [-0.2, 0) is 10.3 Å². The third-order valence-electron chi connectivity index (χ3n) is 1.95. The highest BCUT2D eigenvalue weighted by Gasteiger charge is 2.17. The van der Waals surface area contributed by atoms with E-state index in [1.165, 1.54) is 6.20 Å². The zero-order chi connectivity index (χ0) is 12.3. The molecule has 0 aliphatic heterocycles. The molecule has 16 heavy (non-hydrogen) atoms. The predicted octanol–water partition coefficient (Wildman–Crippen LogP) is 1.46. The Morgan fingerprint density at radius 1 is 1.56 bits per heavy atom. The number of hydrogen-bond acceptors (Lipinski definition) is 5. The molecular weight excluding hydrogens is 251 g/mol. The predicted molar refractivity (Wildman–Crippen MR) is 63.5 cm³/mol. The van der Waals surface area contributed by atoms with Gasteiger partial charge >= 0.3 is 6.80 Å². The van der Waals surface area contributed by atoms with E-state index in [0.717, 1.165) is 0 Å². The molecule has 0 aromatic carbocycles. The van der Waals surface area contributed by atoms with Gasteiger partial charge in [0.2, 0.25) is 0 Å². The second-order valence-corrected chi connectivity index (χ2v) is 6.84. The van der Waals surface area contributed by atoms with E-state index in [9.17, 15) is 9.67 Å². The highest BCUT2D eigenvalue weighted by Crippen LogP contribution is 2.52. The Kier molecular flexibility index (Phi) is 4.21. The van der Waals surface area contributed by atoms with Crippen molar-refractivity contribution in [2.75, 3.05) is 12.4 Å². The topological polar surface area (TPSA) is 103 Å². The van der Waals surface area contributed by atoms with E-state index >= 15 is 0 Å². The van der Waals surface area contributed by atoms with E-state index in [1.807, 2.05) is 0 Å². The summed E-state index contributed by atoms with van der Waals surface area (Å²) >= 11 is 0.506. The Balaban J connectivity index is 2.97. The average Bonchev–Trinajstić information content (AvgIpc) is 2.18. The molecule has 0 saturated heterocycles. The van der Waals surface area contributed by atoms with Gasteiger partial charge in [-0.25, -0.2) is 4.57 Å². The molecule has 1 rings (SSSR count). The van der Waals surface area contributed by atoms with Gasteiger partial charge in [0.25, 0.3) is 0 Å². The van der Waals surface area contributed by atoms with Crippen molar-refractivity contribution < 1.29 is 19.5 Å². The summed E-state index contributed by atoms with van der Waals surface area (Å²) < 4.78 is 10.7. The van der Waals surface area contributed by atoms with Crippen molar-refractivity contribution in [3.8, 4) is 5.75 Å². The number of rotatable bonds is 4. The van der Waals surface area contributed by atoms with Gasteiger partial charge in [0, 0.05) is 24.6 Å². The number of aromatic hydroxyl groups is 1. The Hall–Kier alpha value is -0.750. The number of aromatic nitrogens is 1. The molecule has 1 aromatic rings. The first-order valence-corrected chi connectivity index (χ1v) is 7.60. The molecule has 0 amide bonds. The van der Waals surface area contributed by atoms with E-state index in [2.05, 4.69) is 10.3 Å². The van der Waals surface area contributed by atoms with Crippen LogP contribution < -0.4 is 5.32 Å². The normalized spacial score (nSPS) is 11.5. The molecule has 0 aliphatic rings. The van der Waals surface area contributed by atoms with Crippen molar-refractivity contribution in [3.63, 3.8) is 0 Å². The third kappa shape index (κ3) is 3.38. The smallest absolute Gasteiger partial charge is 0.384 e. The van der Waals surface area contributed by atoms with Crippen LogP contribution in [0.4, 0.5) is 5.69 Å². The van der Waals surface area contributed by atoms with Gasteiger partial charge in [-0.2, -0.15) is 0 Å². The Bertz CT molecular complexity index is 434. The van der Waals surface area contributed by atoms with E-state index in [-0.39, 0.29) is 11.5 Å². The maximum atomic E-state index is 10.7. The van der Waals surface area contributed by atoms with Gasteiger partial charge in [-0.15, -0.1) is 0 Å². The van der Waals surface area contributed by atoms with Crippen LogP contribution in [0.25, 0.3) is 0 Å². The lowest BCUT2D eigenvalue weighted by Crippen LogP contribution is -1.98. The molecule has 1 heterocycles. The summed E-state index contributed by atoms with van der Waals surface area (Å²) in [5, 5.41) is 12.5. The lowest BCUT2D eigenvalue weighted by Gasteiger charge is -2.12. The third-order valence-corrected chi connectivity index (χ3v) is 4.13. The molecule has 0 bridgehead atoms. The van der Waals surface area contributed by atoms with Crippen molar-refractivity contribution in [1.82, 2.24) is 4.98 Å². The summed E-state index contributed by atoms with van der Waals surface area (Å²) in [5.74, 6) is 0.0905. The van der Waals surface area contributed by atoms with Crippen molar-refractivity contribution in [3.05, 3.63) is 17.5 Å². The standard InChI is InChI=1S/C8H13N2O4PS/c1-5-8(11)7(9-2)6(3-10-5)4-16-15(12,13)14/h3,11H,4H2,1-2H3,(H,9,10)(H2,12,13,14). The second-order valence-electron chi connectivity index (χ2n) is 3.11. The summed E-state index contributed by atoms with van der Waals surface area (Å²) in [6, 6.07) is 0. The molecule has 1 aromatic heterocycles. The number of nitrogens with zero attached hydrogens (tertiary/aromatic N) is 1. The maximum Gasteiger partial charge on any atom is 0.384 e. The van der Waals surface area contributed by atoms with E-state index in [1.54, 1.807) is 14.0 Å². The van der Waals surface area contributed by atoms with E-state index < -0.39 is 6.80 Å². The highest BCUT2D eigenvalue weighted by molar-refractivity contribution is 8.54. The molecular formula is C8H13N2O4PS. The molecule has 0 spiro atoms. The molecule has 0 saturated carbocycles. The Morgan fingerprint density at radius 3 is 2.69 bits per heavy atom. The minimum absolute atomic E-state index is 0.00584. The number of nitrogens with one attached hydrogen (secondary N) is 1. The minimum Gasteiger partial charge on any atom is -0.504 e. The van der Waals surface area contributed by atoms with Crippen LogP contribution in [0, 0.1) is 6.92 Å². The van der Waals surface area contributed by atoms with Gasteiger partial charge in [0.15, 0.2) is 5.75 Å². The average molecular weight is 264 g/mol. The van der Waals surface area contributed by atoms with Gasteiger partial charge < -0.3 is 20.2 Å². The molecule has 0 fully saturated rings. The van der Waals surface area contributed by atoms with Crippen LogP contribution in [0.5, 0.6) is 5.75 Å². The molecule has 0 radical (unpaired) electrons. The molecule has 0 aliphatic carbocycles. The fourth-order valence-electron chi connectivity index (χ4n) is 1.18. The van der Waals surface area contributed by atoms with Crippen LogP contribution in [0.3, 0.4) is 0 Å². The molecule has 0 unspecified atom stereocenters. The Labute approximate surface area is 97.0 Å². The molecule has 0 atom stereocenters. The molecule has 4 N–H and O–H groups in total. The second kappa shape index (κ2) is 5.05. The van der Waals surface area contributed by atoms with Crippen LogP contribution in [0.1, 0.15) is 11.3 Å². The van der Waals surface area contributed by atoms with Crippen LogP contribution in [0.15, 0.2) is 6.20 Å². The van der Waals surface area contributed by atoms with E-state index in [0.29, 0.717) is 28.3 Å². The fraction of sp³-hybridized carbons (Fsp3) is 0.375. The van der Waals surface area contributed by atoms with Crippen molar-refractivity contribution in [2.24, 2.45) is 0 Å². The first-order valence-electron chi connectivity index (χ1n) is 4.40. The van der Waals surface area contributed by atoms with Crippen molar-refractivity contribution in [2.45, 2.75) is 12.7 Å². The quantitative estimate of drug-likeness (QED) is 0.610. The van der Waals surface area contributed by atoms with Crippen molar-refractivity contribution >= 4 is 23.9 Å². The summed E-state index contributed by atoms with van der Waals surface area (Å²) in [6.07, 6.45) is 1.49. The summed E-state index contributed by atoms with van der Waals surface area (Å²) in [5.41, 5.74) is 1.47. The fourth-order valence-corrected chi connectivity index (χ4v) is 2.62. The largest absolute Gasteiger partial charge is 0.504 e. The van der Waals surface area contributed by atoms with Gasteiger partial charge in [-0.1, -0.05) is 0 Å². The monoisotopic (exact) mass is 264 g/mol. The number of aryl methyl sites for hydroxylation is 1. The summed E-state index contributed by atoms with van der Waals surface area (Å²) in [6.45, 7) is -2.46. The Morgan fingerprint density at radius 2 is 2.19 bits per heavy atom. The van der Waals surface area contributed by atoms with Crippen LogP contribution in [-0.4, -0.2) is 26.9 Å². The molecule has 90 valence electrons. The summed E-state index contributed by atoms with van der Waals surface area (Å²) in [4.78, 5) is 21.4. The van der Waals surface area contributed by atoms with Gasteiger partial charge in [-0.05, 0) is 18.3 Å². The van der Waals surface area contributed by atoms with Gasteiger partial charge in [0.1, 0.15) is 0 Å². The minimum atomic E-state index is -4.11. The summed E-state index contributed by atoms with van der Waals surface area (Å²) in [7, 11) is 1.63. The first-order chi connectivity index (χ1) is 7.35. The number of pyridine rings is 1.